The number of nitrogens with one attached hydrogen (secondary N) is 3. The quantitative estimate of drug-likeness (QED) is 0.115. The van der Waals surface area contributed by atoms with Crippen molar-refractivity contribution >= 4 is 17.6 Å². The van der Waals surface area contributed by atoms with Crippen molar-refractivity contribution in [2.45, 2.75) is 57.3 Å². The van der Waals surface area contributed by atoms with E-state index in [0.29, 0.717) is 32.7 Å². The SMILES string of the molecule is CC(C)[C@H](N)C(=O)N[C@@H](CO)C(=O)N[C@@H](CCCNCN)C(=O)[C@@]1(C)CO1. The fourth-order valence-electron chi connectivity index (χ4n) is 2.46. The van der Waals surface area contributed by atoms with E-state index < -0.39 is 42.1 Å². The minimum absolute atomic E-state index is 0.122. The molecule has 1 rings (SSSR count). The van der Waals surface area contributed by atoms with E-state index in [0.717, 1.165) is 0 Å². The van der Waals surface area contributed by atoms with Gasteiger partial charge in [0.25, 0.3) is 0 Å². The lowest BCUT2D eigenvalue weighted by molar-refractivity contribution is -0.134. The number of ether oxygens (including phenoxy) is 1. The summed E-state index contributed by atoms with van der Waals surface area (Å²) in [6, 6.07) is -2.77. The van der Waals surface area contributed by atoms with Gasteiger partial charge in [0.1, 0.15) is 11.6 Å². The third kappa shape index (κ3) is 7.15. The molecule has 0 aliphatic carbocycles. The van der Waals surface area contributed by atoms with E-state index in [-0.39, 0.29) is 11.7 Å². The van der Waals surface area contributed by atoms with Crippen LogP contribution in [-0.2, 0) is 19.1 Å². The maximum Gasteiger partial charge on any atom is 0.245 e. The van der Waals surface area contributed by atoms with Gasteiger partial charge in [-0.25, -0.2) is 0 Å². The summed E-state index contributed by atoms with van der Waals surface area (Å²) < 4.78 is 5.18. The molecule has 1 aliphatic heterocycles. The molecule has 10 heteroatoms. The fraction of sp³-hybridized carbons (Fsp3) is 0.824. The van der Waals surface area contributed by atoms with Crippen LogP contribution in [0.3, 0.4) is 0 Å². The Balaban J connectivity index is 2.71. The predicted octanol–water partition coefficient (Wildman–Crippen LogP) is -2.42. The van der Waals surface area contributed by atoms with Crippen LogP contribution >= 0.6 is 0 Å². The van der Waals surface area contributed by atoms with E-state index in [9.17, 15) is 19.5 Å². The summed E-state index contributed by atoms with van der Waals surface area (Å²) in [6.45, 7) is 5.84. The van der Waals surface area contributed by atoms with E-state index in [2.05, 4.69) is 16.0 Å². The van der Waals surface area contributed by atoms with Crippen molar-refractivity contribution in [1.29, 1.82) is 0 Å². The summed E-state index contributed by atoms with van der Waals surface area (Å²) in [5.74, 6) is -1.53. The molecule has 156 valence electrons. The summed E-state index contributed by atoms with van der Waals surface area (Å²) in [7, 11) is 0. The molecule has 0 spiro atoms. The first-order chi connectivity index (χ1) is 12.7. The third-order valence-corrected chi connectivity index (χ3v) is 4.56. The van der Waals surface area contributed by atoms with Gasteiger partial charge in [0.15, 0.2) is 5.78 Å². The van der Waals surface area contributed by atoms with Gasteiger partial charge in [-0.1, -0.05) is 13.8 Å². The van der Waals surface area contributed by atoms with Gasteiger partial charge >= 0.3 is 0 Å². The molecule has 0 radical (unpaired) electrons. The average Bonchev–Trinajstić information content (AvgIpc) is 3.39. The molecule has 0 aromatic heterocycles. The zero-order valence-electron chi connectivity index (χ0n) is 16.3. The number of rotatable bonds is 13. The Morgan fingerprint density at radius 1 is 1.19 bits per heavy atom. The zero-order chi connectivity index (χ0) is 20.6. The number of aliphatic hydroxyl groups excluding tert-OH is 1. The van der Waals surface area contributed by atoms with Crippen molar-refractivity contribution in [1.82, 2.24) is 16.0 Å². The molecule has 27 heavy (non-hydrogen) atoms. The van der Waals surface area contributed by atoms with E-state index in [1.165, 1.54) is 0 Å². The molecule has 2 amide bonds. The van der Waals surface area contributed by atoms with Crippen molar-refractivity contribution in [3.05, 3.63) is 0 Å². The highest BCUT2D eigenvalue weighted by atomic mass is 16.6. The van der Waals surface area contributed by atoms with Gasteiger partial charge in [0, 0.05) is 6.67 Å². The Bertz CT molecular complexity index is 524. The molecule has 1 fully saturated rings. The molecule has 1 heterocycles. The highest BCUT2D eigenvalue weighted by molar-refractivity contribution is 5.98. The van der Waals surface area contributed by atoms with Crippen LogP contribution in [-0.4, -0.2) is 72.9 Å². The first-order valence-electron chi connectivity index (χ1n) is 9.22. The number of ketones is 1. The highest BCUT2D eigenvalue weighted by Gasteiger charge is 2.50. The van der Waals surface area contributed by atoms with E-state index in [4.69, 9.17) is 16.2 Å². The van der Waals surface area contributed by atoms with Crippen LogP contribution < -0.4 is 27.4 Å². The third-order valence-electron chi connectivity index (χ3n) is 4.56. The molecule has 0 bridgehead atoms. The average molecular weight is 387 g/mol. The Morgan fingerprint density at radius 2 is 1.78 bits per heavy atom. The van der Waals surface area contributed by atoms with E-state index in [1.54, 1.807) is 20.8 Å². The number of epoxide rings is 1. The number of Topliss-reactive ketones (excluding diaryl/α,β-unsaturated/α-hetero) is 1. The smallest absolute Gasteiger partial charge is 0.245 e. The maximum absolute atomic E-state index is 12.6. The number of nitrogens with two attached hydrogens (primary N) is 2. The van der Waals surface area contributed by atoms with Gasteiger partial charge in [-0.3, -0.25) is 14.4 Å². The van der Waals surface area contributed by atoms with Crippen LogP contribution in [0, 0.1) is 5.92 Å². The van der Waals surface area contributed by atoms with E-state index in [1.807, 2.05) is 0 Å². The molecule has 1 aliphatic rings. The molecular weight excluding hydrogens is 354 g/mol. The van der Waals surface area contributed by atoms with Crippen LogP contribution in [0.5, 0.6) is 0 Å². The summed E-state index contributed by atoms with van der Waals surface area (Å²) in [5.41, 5.74) is 10.2. The second-order valence-corrected chi connectivity index (χ2v) is 7.30. The van der Waals surface area contributed by atoms with Gasteiger partial charge < -0.3 is 37.3 Å². The summed E-state index contributed by atoms with van der Waals surface area (Å²) in [4.78, 5) is 37.2. The Kier molecular flexibility index (Phi) is 9.27. The number of hydrogen-bond acceptors (Lipinski definition) is 8. The van der Waals surface area contributed by atoms with Gasteiger partial charge in [0.05, 0.1) is 25.3 Å². The number of carbonyl (C=O) groups excluding carboxylic acids is 3. The molecule has 0 aromatic rings. The second-order valence-electron chi connectivity index (χ2n) is 7.30. The molecular formula is C17H33N5O5. The summed E-state index contributed by atoms with van der Waals surface area (Å²) in [6.07, 6.45) is 0.993. The van der Waals surface area contributed by atoms with Crippen molar-refractivity contribution in [3.63, 3.8) is 0 Å². The van der Waals surface area contributed by atoms with Gasteiger partial charge in [-0.05, 0) is 32.2 Å². The lowest BCUT2D eigenvalue weighted by Gasteiger charge is -2.24. The van der Waals surface area contributed by atoms with Crippen LogP contribution in [0.15, 0.2) is 0 Å². The summed E-state index contributed by atoms with van der Waals surface area (Å²) in [5, 5.41) is 17.5. The molecule has 10 nitrogen and oxygen atoms in total. The number of carbonyl (C=O) groups is 3. The van der Waals surface area contributed by atoms with Crippen LogP contribution in [0.4, 0.5) is 0 Å². The number of hydrogen-bond donors (Lipinski definition) is 6. The van der Waals surface area contributed by atoms with Crippen molar-refractivity contribution in [3.8, 4) is 0 Å². The number of aliphatic hydroxyl groups is 1. The minimum Gasteiger partial charge on any atom is -0.394 e. The van der Waals surface area contributed by atoms with E-state index >= 15 is 0 Å². The van der Waals surface area contributed by atoms with Crippen LogP contribution in [0.1, 0.15) is 33.6 Å². The Labute approximate surface area is 159 Å². The molecule has 0 unspecified atom stereocenters. The number of amides is 2. The molecule has 0 saturated carbocycles. The minimum atomic E-state index is -1.19. The maximum atomic E-state index is 12.6. The standard InChI is InChI=1S/C17H33N5O5/c1-10(2)13(19)16(26)22-12(7-23)15(25)21-11(5-4-6-20-9-18)14(24)17(3)8-27-17/h10-13,20,23H,4-9,18-19H2,1-3H3,(H,21,25)(H,22,26)/t11-,12-,13-,17+/m0/s1. The van der Waals surface area contributed by atoms with Crippen molar-refractivity contribution < 1.29 is 24.2 Å². The molecule has 1 saturated heterocycles. The highest BCUT2D eigenvalue weighted by Crippen LogP contribution is 2.29. The fourth-order valence-corrected chi connectivity index (χ4v) is 2.46. The van der Waals surface area contributed by atoms with Crippen LogP contribution in [0.2, 0.25) is 0 Å². The topological polar surface area (TPSA) is 172 Å². The van der Waals surface area contributed by atoms with Crippen LogP contribution in [0.25, 0.3) is 0 Å². The molecule has 8 N–H and O–H groups in total. The van der Waals surface area contributed by atoms with Gasteiger partial charge in [0.2, 0.25) is 11.8 Å². The van der Waals surface area contributed by atoms with Gasteiger partial charge in [-0.15, -0.1) is 0 Å². The monoisotopic (exact) mass is 387 g/mol. The van der Waals surface area contributed by atoms with Crippen molar-refractivity contribution in [2.75, 3.05) is 26.4 Å². The lowest BCUT2D eigenvalue weighted by Crippen LogP contribution is -2.57. The Morgan fingerprint density at radius 3 is 2.26 bits per heavy atom. The predicted molar refractivity (Wildman–Crippen MR) is 99.4 cm³/mol. The van der Waals surface area contributed by atoms with Gasteiger partial charge in [-0.2, -0.15) is 0 Å². The largest absolute Gasteiger partial charge is 0.394 e. The first kappa shape index (κ1) is 23.4. The first-order valence-corrected chi connectivity index (χ1v) is 9.22. The lowest BCUT2D eigenvalue weighted by atomic mass is 9.96. The normalized spacial score (nSPS) is 22.0. The Hall–Kier alpha value is -1.59. The zero-order valence-corrected chi connectivity index (χ0v) is 16.3. The van der Waals surface area contributed by atoms with Crippen molar-refractivity contribution in [2.24, 2.45) is 17.4 Å². The molecule has 4 atom stereocenters. The summed E-state index contributed by atoms with van der Waals surface area (Å²) >= 11 is 0. The molecule has 0 aromatic carbocycles. The second kappa shape index (κ2) is 10.7.